The molecule has 0 saturated heterocycles. The lowest BCUT2D eigenvalue weighted by molar-refractivity contribution is -0.149. The zero-order valence-corrected chi connectivity index (χ0v) is 19.9. The van der Waals surface area contributed by atoms with Gasteiger partial charge < -0.3 is 15.0 Å². The van der Waals surface area contributed by atoms with Crippen LogP contribution in [0.25, 0.3) is 10.9 Å². The van der Waals surface area contributed by atoms with E-state index in [1.807, 2.05) is 60.9 Å². The molecule has 3 aromatic rings. The summed E-state index contributed by atoms with van der Waals surface area (Å²) in [5.41, 5.74) is 1.63. The average molecular weight is 465 g/mol. The maximum atomic E-state index is 13.1. The number of carbonyl (C=O) groups is 1. The van der Waals surface area contributed by atoms with Crippen LogP contribution in [0.3, 0.4) is 0 Å². The summed E-state index contributed by atoms with van der Waals surface area (Å²) in [6, 6.07) is 17.3. The van der Waals surface area contributed by atoms with E-state index in [1.54, 1.807) is 6.20 Å². The predicted octanol–water partition coefficient (Wildman–Crippen LogP) is 5.13. The number of carbonyl (C=O) groups excluding carboxylic acids is 1. The molecule has 33 heavy (non-hydrogen) atoms. The summed E-state index contributed by atoms with van der Waals surface area (Å²) in [5.74, 6) is 0.0526. The van der Waals surface area contributed by atoms with Gasteiger partial charge in [0, 0.05) is 35.4 Å². The van der Waals surface area contributed by atoms with E-state index >= 15 is 0 Å². The molecule has 6 nitrogen and oxygen atoms in total. The fourth-order valence-electron chi connectivity index (χ4n) is 4.55. The maximum Gasteiger partial charge on any atom is 0.340 e. The van der Waals surface area contributed by atoms with Gasteiger partial charge in [0.25, 0.3) is 0 Å². The molecule has 172 valence electrons. The average Bonchev–Trinajstić information content (AvgIpc) is 3.17. The molecule has 0 saturated carbocycles. The third-order valence-corrected chi connectivity index (χ3v) is 6.32. The lowest BCUT2D eigenvalue weighted by atomic mass is 9.79. The van der Waals surface area contributed by atoms with E-state index in [-0.39, 0.29) is 12.0 Å². The van der Waals surface area contributed by atoms with E-state index in [2.05, 4.69) is 29.0 Å². The van der Waals surface area contributed by atoms with Gasteiger partial charge in [0.2, 0.25) is 5.54 Å². The highest BCUT2D eigenvalue weighted by Crippen LogP contribution is 2.40. The molecule has 7 heteroatoms. The van der Waals surface area contributed by atoms with Crippen molar-refractivity contribution in [3.8, 4) is 0 Å². The number of aromatic nitrogens is 1. The zero-order chi connectivity index (χ0) is 23.4. The van der Waals surface area contributed by atoms with E-state index in [0.29, 0.717) is 24.0 Å². The van der Waals surface area contributed by atoms with Gasteiger partial charge in [-0.15, -0.1) is 0 Å². The molecule has 0 spiro atoms. The van der Waals surface area contributed by atoms with Crippen LogP contribution in [0.4, 0.5) is 5.69 Å². The van der Waals surface area contributed by atoms with E-state index in [1.165, 1.54) is 7.11 Å². The van der Waals surface area contributed by atoms with Crippen molar-refractivity contribution in [1.29, 1.82) is 0 Å². The number of aliphatic imine (C=N–C) groups is 1. The smallest absolute Gasteiger partial charge is 0.340 e. The normalized spacial score (nSPS) is 19.9. The van der Waals surface area contributed by atoms with Crippen LogP contribution in [0.5, 0.6) is 0 Å². The summed E-state index contributed by atoms with van der Waals surface area (Å²) in [6.07, 6.45) is 4.39. The Bertz CT molecular complexity index is 1150. The summed E-state index contributed by atoms with van der Waals surface area (Å²) in [7, 11) is 1.43. The monoisotopic (exact) mass is 464 g/mol. The second kappa shape index (κ2) is 9.79. The van der Waals surface area contributed by atoms with Crippen molar-refractivity contribution < 1.29 is 9.53 Å². The predicted molar refractivity (Wildman–Crippen MR) is 134 cm³/mol. The number of hydrogen-bond donors (Lipinski definition) is 1. The van der Waals surface area contributed by atoms with E-state index in [0.717, 1.165) is 28.6 Å². The fraction of sp³-hybridized carbons (Fsp3) is 0.346. The van der Waals surface area contributed by atoms with Gasteiger partial charge in [-0.3, -0.25) is 9.98 Å². The molecule has 1 aromatic heterocycles. The van der Waals surface area contributed by atoms with Crippen molar-refractivity contribution in [2.45, 2.75) is 31.8 Å². The third-order valence-electron chi connectivity index (χ3n) is 6.09. The number of nitrogens with zero attached hydrogens (tertiary/aromatic N) is 3. The quantitative estimate of drug-likeness (QED) is 0.468. The number of benzene rings is 2. The lowest BCUT2D eigenvalue weighted by Gasteiger charge is -2.36. The summed E-state index contributed by atoms with van der Waals surface area (Å²) >= 11 is 6.11. The number of esters is 1. The van der Waals surface area contributed by atoms with Gasteiger partial charge in [-0.25, -0.2) is 4.79 Å². The number of fused-ring (bicyclic) bond motifs is 1. The number of pyridine rings is 1. The van der Waals surface area contributed by atoms with Crippen LogP contribution in [-0.4, -0.2) is 48.4 Å². The molecule has 1 N–H and O–H groups in total. The molecule has 1 aliphatic rings. The van der Waals surface area contributed by atoms with Gasteiger partial charge in [0.15, 0.2) is 0 Å². The summed E-state index contributed by atoms with van der Waals surface area (Å²) < 4.78 is 5.27. The van der Waals surface area contributed by atoms with Crippen LogP contribution in [-0.2, 0) is 15.1 Å². The first kappa shape index (κ1) is 23.1. The molecule has 0 aliphatic carbocycles. The van der Waals surface area contributed by atoms with Crippen LogP contribution in [0.15, 0.2) is 65.8 Å². The fourth-order valence-corrected chi connectivity index (χ4v) is 4.72. The van der Waals surface area contributed by atoms with E-state index < -0.39 is 5.54 Å². The Labute approximate surface area is 199 Å². The molecule has 0 fully saturated rings. The molecule has 0 radical (unpaired) electrons. The summed E-state index contributed by atoms with van der Waals surface area (Å²) in [6.45, 7) is 5.68. The molecule has 2 aromatic carbocycles. The van der Waals surface area contributed by atoms with Crippen molar-refractivity contribution in [1.82, 2.24) is 9.88 Å². The van der Waals surface area contributed by atoms with Crippen LogP contribution in [0.1, 0.15) is 25.8 Å². The molecular weight excluding hydrogens is 436 g/mol. The van der Waals surface area contributed by atoms with Crippen molar-refractivity contribution in [3.63, 3.8) is 0 Å². The number of methoxy groups -OCH3 is 1. The Hall–Kier alpha value is -3.12. The van der Waals surface area contributed by atoms with Crippen molar-refractivity contribution in [2.75, 3.05) is 25.5 Å². The first-order valence-corrected chi connectivity index (χ1v) is 11.6. The Kier molecular flexibility index (Phi) is 6.84. The maximum absolute atomic E-state index is 13.1. The number of halogens is 1. The van der Waals surface area contributed by atoms with Gasteiger partial charge in [0.1, 0.15) is 0 Å². The van der Waals surface area contributed by atoms with Crippen LogP contribution >= 0.6 is 11.6 Å². The second-order valence-electron chi connectivity index (χ2n) is 8.70. The van der Waals surface area contributed by atoms with Gasteiger partial charge in [0.05, 0.1) is 25.0 Å². The van der Waals surface area contributed by atoms with Gasteiger partial charge >= 0.3 is 5.97 Å². The third kappa shape index (κ3) is 4.53. The molecule has 0 amide bonds. The standard InChI is InChI=1S/C26H29ClN4O2/c1-18(2)15-24-26(25(32)33-3,19-7-5-4-6-8-19)30-17-31(24)14-13-29-22-11-12-28-23-16-20(27)9-10-21(22)23/h4-12,16-18,24H,13-15H2,1-3H3,(H,28,29). The van der Waals surface area contributed by atoms with Gasteiger partial charge in [-0.1, -0.05) is 55.8 Å². The summed E-state index contributed by atoms with van der Waals surface area (Å²) in [4.78, 5) is 24.5. The Balaban J connectivity index is 1.57. The molecule has 2 unspecified atom stereocenters. The molecule has 4 rings (SSSR count). The van der Waals surface area contributed by atoms with Crippen LogP contribution < -0.4 is 5.32 Å². The molecule has 2 atom stereocenters. The highest BCUT2D eigenvalue weighted by atomic mass is 35.5. The van der Waals surface area contributed by atoms with Crippen molar-refractivity contribution >= 4 is 40.5 Å². The zero-order valence-electron chi connectivity index (χ0n) is 19.2. The van der Waals surface area contributed by atoms with E-state index in [9.17, 15) is 4.79 Å². The number of ether oxygens (including phenoxy) is 1. The first-order valence-electron chi connectivity index (χ1n) is 11.2. The Morgan fingerprint density at radius 2 is 2.00 bits per heavy atom. The van der Waals surface area contributed by atoms with Gasteiger partial charge in [-0.05, 0) is 42.2 Å². The number of anilines is 1. The molecule has 2 heterocycles. The molecular formula is C26H29ClN4O2. The number of rotatable bonds is 8. The van der Waals surface area contributed by atoms with Crippen LogP contribution in [0, 0.1) is 5.92 Å². The topological polar surface area (TPSA) is 66.8 Å². The number of nitrogens with one attached hydrogen (secondary N) is 1. The SMILES string of the molecule is COC(=O)C1(c2ccccc2)N=CN(CCNc2ccnc3cc(Cl)ccc23)C1CC(C)C. The molecule has 0 bridgehead atoms. The minimum Gasteiger partial charge on any atom is -0.467 e. The van der Waals surface area contributed by atoms with E-state index in [4.69, 9.17) is 21.3 Å². The second-order valence-corrected chi connectivity index (χ2v) is 9.13. The van der Waals surface area contributed by atoms with Crippen molar-refractivity contribution in [2.24, 2.45) is 10.9 Å². The van der Waals surface area contributed by atoms with Crippen molar-refractivity contribution in [3.05, 3.63) is 71.4 Å². The first-order chi connectivity index (χ1) is 16.0. The largest absolute Gasteiger partial charge is 0.467 e. The Morgan fingerprint density at radius 3 is 2.73 bits per heavy atom. The Morgan fingerprint density at radius 1 is 1.21 bits per heavy atom. The summed E-state index contributed by atoms with van der Waals surface area (Å²) in [5, 5.41) is 5.20. The molecule has 1 aliphatic heterocycles. The lowest BCUT2D eigenvalue weighted by Crippen LogP contribution is -2.51. The van der Waals surface area contributed by atoms with Crippen LogP contribution in [0.2, 0.25) is 5.02 Å². The highest BCUT2D eigenvalue weighted by molar-refractivity contribution is 6.31. The van der Waals surface area contributed by atoms with Gasteiger partial charge in [-0.2, -0.15) is 0 Å². The minimum absolute atomic E-state index is 0.137. The number of hydrogen-bond acceptors (Lipinski definition) is 6. The minimum atomic E-state index is -1.07. The highest BCUT2D eigenvalue weighted by Gasteiger charge is 2.53.